The number of nitrogens with zero attached hydrogens (tertiary/aromatic N) is 1. The van der Waals surface area contributed by atoms with Gasteiger partial charge in [-0.25, -0.2) is 0 Å². The summed E-state index contributed by atoms with van der Waals surface area (Å²) in [6.45, 7) is 0.786. The first-order valence-corrected chi connectivity index (χ1v) is 8.51. The molecule has 21 heavy (non-hydrogen) atoms. The molecule has 0 spiro atoms. The summed E-state index contributed by atoms with van der Waals surface area (Å²) in [6, 6.07) is 6.48. The van der Waals surface area contributed by atoms with Gasteiger partial charge in [0.1, 0.15) is 6.54 Å². The Morgan fingerprint density at radius 3 is 2.86 bits per heavy atom. The van der Waals surface area contributed by atoms with Gasteiger partial charge >= 0.3 is 0 Å². The van der Waals surface area contributed by atoms with Crippen LogP contribution < -0.4 is 10.0 Å². The number of rotatable bonds is 3. The van der Waals surface area contributed by atoms with Crippen molar-refractivity contribution in [3.8, 4) is 5.75 Å². The Morgan fingerprint density at radius 1 is 1.33 bits per heavy atom. The third-order valence-corrected chi connectivity index (χ3v) is 5.30. The van der Waals surface area contributed by atoms with Gasteiger partial charge in [-0.05, 0) is 37.8 Å². The van der Waals surface area contributed by atoms with Crippen molar-refractivity contribution < 1.29 is 10.0 Å². The molecule has 1 atom stereocenters. The van der Waals surface area contributed by atoms with Gasteiger partial charge in [0, 0.05) is 21.6 Å². The highest BCUT2D eigenvalue weighted by atomic mass is 79.9. The highest BCUT2D eigenvalue weighted by Gasteiger charge is 2.22. The summed E-state index contributed by atoms with van der Waals surface area (Å²) in [4.78, 5) is 5.72. The van der Waals surface area contributed by atoms with Crippen LogP contribution >= 0.6 is 15.9 Å². The molecule has 0 saturated heterocycles. The van der Waals surface area contributed by atoms with Gasteiger partial charge in [0.05, 0.1) is 18.6 Å². The van der Waals surface area contributed by atoms with Crippen molar-refractivity contribution in [2.45, 2.75) is 44.7 Å². The van der Waals surface area contributed by atoms with Gasteiger partial charge < -0.3 is 10.0 Å². The molecule has 1 aliphatic rings. The largest absolute Gasteiger partial charge is 0.871 e. The maximum atomic E-state index is 12.6. The minimum Gasteiger partial charge on any atom is -0.871 e. The number of benzene rings is 1. The monoisotopic (exact) mass is 348 g/mol. The van der Waals surface area contributed by atoms with Crippen LogP contribution in [0.15, 0.2) is 28.9 Å². The Balaban J connectivity index is 1.88. The molecule has 4 heteroatoms. The topological polar surface area (TPSA) is 40.4 Å². The van der Waals surface area contributed by atoms with Gasteiger partial charge in [-0.15, -0.1) is 0 Å². The highest BCUT2D eigenvalue weighted by Crippen LogP contribution is 2.31. The summed E-state index contributed by atoms with van der Waals surface area (Å²) in [6.07, 6.45) is 8.28. The SMILES string of the molecule is C[NH+](Cc1cc(Br)c2cccnc2c1[O-])C1CCCCC1. The number of hydrogen-bond donors (Lipinski definition) is 1. The summed E-state index contributed by atoms with van der Waals surface area (Å²) in [5.74, 6) is 0.0870. The van der Waals surface area contributed by atoms with E-state index in [4.69, 9.17) is 0 Å². The molecule has 1 unspecified atom stereocenters. The Hall–Kier alpha value is -1.13. The first-order chi connectivity index (χ1) is 10.2. The third-order valence-electron chi connectivity index (χ3n) is 4.64. The van der Waals surface area contributed by atoms with Crippen LogP contribution in [0.25, 0.3) is 10.9 Å². The van der Waals surface area contributed by atoms with E-state index in [0.717, 1.165) is 22.0 Å². The van der Waals surface area contributed by atoms with Crippen LogP contribution in [0, 0.1) is 0 Å². The quantitative estimate of drug-likeness (QED) is 0.925. The molecule has 0 radical (unpaired) electrons. The van der Waals surface area contributed by atoms with Crippen LogP contribution in [0.4, 0.5) is 0 Å². The van der Waals surface area contributed by atoms with Crippen molar-refractivity contribution >= 4 is 26.8 Å². The molecule has 112 valence electrons. The molecule has 1 heterocycles. The zero-order valence-corrected chi connectivity index (χ0v) is 13.9. The standard InChI is InChI=1S/C17H21BrN2O/c1-20(13-6-3-2-4-7-13)11-12-10-15(18)14-8-5-9-19-16(14)17(12)21/h5,8-10,13,21H,2-4,6-7,11H2,1H3. The minimum absolute atomic E-state index is 0.0870. The normalized spacial score (nSPS) is 18.0. The number of nitrogens with one attached hydrogen (secondary N) is 1. The average Bonchev–Trinajstić information content (AvgIpc) is 2.53. The molecule has 1 fully saturated rings. The van der Waals surface area contributed by atoms with Crippen LogP contribution in [0.1, 0.15) is 37.7 Å². The molecule has 0 aliphatic heterocycles. The highest BCUT2D eigenvalue weighted by molar-refractivity contribution is 9.10. The summed E-state index contributed by atoms with van der Waals surface area (Å²) >= 11 is 3.58. The van der Waals surface area contributed by atoms with E-state index in [1.807, 2.05) is 18.2 Å². The van der Waals surface area contributed by atoms with Gasteiger partial charge in [-0.2, -0.15) is 0 Å². The van der Waals surface area contributed by atoms with E-state index in [9.17, 15) is 5.11 Å². The summed E-state index contributed by atoms with van der Waals surface area (Å²) in [7, 11) is 2.21. The Morgan fingerprint density at radius 2 is 2.10 bits per heavy atom. The molecular formula is C17H21BrN2O. The maximum absolute atomic E-state index is 12.6. The van der Waals surface area contributed by atoms with Crippen LogP contribution in [0.5, 0.6) is 5.75 Å². The fourth-order valence-electron chi connectivity index (χ4n) is 3.40. The number of aromatic nitrogens is 1. The van der Waals surface area contributed by atoms with Crippen molar-refractivity contribution in [3.05, 3.63) is 34.4 Å². The Labute approximate surface area is 134 Å². The van der Waals surface area contributed by atoms with Crippen LogP contribution in [-0.4, -0.2) is 18.1 Å². The Bertz CT molecular complexity index is 638. The lowest BCUT2D eigenvalue weighted by atomic mass is 9.94. The second-order valence-electron chi connectivity index (χ2n) is 6.10. The van der Waals surface area contributed by atoms with Crippen molar-refractivity contribution in [1.82, 2.24) is 4.98 Å². The van der Waals surface area contributed by atoms with Gasteiger partial charge in [0.2, 0.25) is 0 Å². The third kappa shape index (κ3) is 3.06. The van der Waals surface area contributed by atoms with Gasteiger partial charge in [0.15, 0.2) is 0 Å². The van der Waals surface area contributed by atoms with E-state index in [1.165, 1.54) is 37.0 Å². The number of pyridine rings is 1. The molecule has 1 aromatic heterocycles. The Kier molecular flexibility index (Phi) is 4.45. The van der Waals surface area contributed by atoms with Crippen molar-refractivity contribution in [1.29, 1.82) is 0 Å². The number of halogens is 1. The minimum atomic E-state index is 0.0870. The lowest BCUT2D eigenvalue weighted by molar-refractivity contribution is -0.921. The molecule has 0 amide bonds. The van der Waals surface area contributed by atoms with Gasteiger partial charge in [0.25, 0.3) is 0 Å². The number of hydrogen-bond acceptors (Lipinski definition) is 2. The zero-order chi connectivity index (χ0) is 14.8. The molecule has 1 saturated carbocycles. The molecular weight excluding hydrogens is 328 g/mol. The molecule has 2 aromatic rings. The summed E-state index contributed by atoms with van der Waals surface area (Å²) < 4.78 is 0.969. The van der Waals surface area contributed by atoms with E-state index < -0.39 is 0 Å². The zero-order valence-electron chi connectivity index (χ0n) is 12.4. The molecule has 1 aromatic carbocycles. The predicted octanol–water partition coefficient (Wildman–Crippen LogP) is 2.42. The average molecular weight is 349 g/mol. The molecule has 1 aliphatic carbocycles. The van der Waals surface area contributed by atoms with E-state index in [0.29, 0.717) is 11.6 Å². The fraction of sp³-hybridized carbons (Fsp3) is 0.471. The second kappa shape index (κ2) is 6.32. The predicted molar refractivity (Wildman–Crippen MR) is 86.4 cm³/mol. The number of fused-ring (bicyclic) bond motifs is 1. The molecule has 1 N–H and O–H groups in total. The first kappa shape index (κ1) is 14.8. The van der Waals surface area contributed by atoms with Crippen molar-refractivity contribution in [3.63, 3.8) is 0 Å². The first-order valence-electron chi connectivity index (χ1n) is 7.72. The van der Waals surface area contributed by atoms with Crippen LogP contribution in [0.2, 0.25) is 0 Å². The van der Waals surface area contributed by atoms with Gasteiger partial charge in [-0.3, -0.25) is 4.98 Å². The fourth-order valence-corrected chi connectivity index (χ4v) is 4.00. The molecule has 0 bridgehead atoms. The van der Waals surface area contributed by atoms with E-state index >= 15 is 0 Å². The maximum Gasteiger partial charge on any atom is 0.102 e. The number of quaternary nitrogens is 1. The summed E-state index contributed by atoms with van der Waals surface area (Å²) in [5, 5.41) is 13.5. The summed E-state index contributed by atoms with van der Waals surface area (Å²) in [5.41, 5.74) is 1.45. The van der Waals surface area contributed by atoms with E-state index in [-0.39, 0.29) is 5.75 Å². The molecule has 3 rings (SSSR count). The van der Waals surface area contributed by atoms with Crippen LogP contribution in [0.3, 0.4) is 0 Å². The smallest absolute Gasteiger partial charge is 0.102 e. The molecule has 3 nitrogen and oxygen atoms in total. The van der Waals surface area contributed by atoms with Crippen molar-refractivity contribution in [2.24, 2.45) is 0 Å². The van der Waals surface area contributed by atoms with Crippen LogP contribution in [-0.2, 0) is 6.54 Å². The lowest BCUT2D eigenvalue weighted by Crippen LogP contribution is -3.11. The lowest BCUT2D eigenvalue weighted by Gasteiger charge is -2.29. The van der Waals surface area contributed by atoms with Gasteiger partial charge in [-0.1, -0.05) is 34.2 Å². The van der Waals surface area contributed by atoms with E-state index in [2.05, 4.69) is 28.0 Å². The van der Waals surface area contributed by atoms with E-state index in [1.54, 1.807) is 6.20 Å². The second-order valence-corrected chi connectivity index (χ2v) is 6.96. The van der Waals surface area contributed by atoms with Crippen molar-refractivity contribution in [2.75, 3.05) is 7.05 Å².